The maximum Gasteiger partial charge on any atom is 0.173 e. The maximum absolute atomic E-state index is 4.89. The lowest BCUT2D eigenvalue weighted by molar-refractivity contribution is 0.936. The van der Waals surface area contributed by atoms with Crippen LogP contribution in [-0.4, -0.2) is 15.1 Å². The summed E-state index contributed by atoms with van der Waals surface area (Å²) in [5.41, 5.74) is 3.65. The number of imidazole rings is 1. The summed E-state index contributed by atoms with van der Waals surface area (Å²) in [6, 6.07) is 25.5. The van der Waals surface area contributed by atoms with Crippen molar-refractivity contribution in [3.8, 4) is 11.1 Å². The van der Waals surface area contributed by atoms with Crippen molar-refractivity contribution in [2.45, 2.75) is 28.4 Å². The second kappa shape index (κ2) is 8.02. The van der Waals surface area contributed by atoms with E-state index in [-0.39, 0.29) is 0 Å². The number of hydrogen-bond donors (Lipinski definition) is 0. The normalized spacial score (nSPS) is 11.1. The Morgan fingerprint density at radius 1 is 0.846 bits per heavy atom. The minimum absolute atomic E-state index is 1.07. The summed E-state index contributed by atoms with van der Waals surface area (Å²) >= 11 is 3.55. The highest BCUT2D eigenvalue weighted by Crippen LogP contribution is 2.34. The lowest BCUT2D eigenvalue weighted by Crippen LogP contribution is -1.86. The molecule has 0 bridgehead atoms. The van der Waals surface area contributed by atoms with E-state index in [1.165, 1.54) is 21.5 Å². The molecule has 0 radical (unpaired) electrons. The van der Waals surface area contributed by atoms with Gasteiger partial charge in [0.05, 0.1) is 5.52 Å². The third-order valence-corrected chi connectivity index (χ3v) is 6.25. The summed E-state index contributed by atoms with van der Waals surface area (Å²) in [6.45, 7) is 2.20. The topological polar surface area (TPSA) is 17.3 Å². The van der Waals surface area contributed by atoms with Crippen LogP contribution in [-0.2, 0) is 0 Å². The standard InChI is InChI=1S/C22H20N2S2/c1-2-16-25-22-23-21(20-10-6-7-15-24(20)22)26-19-13-11-18(12-14-19)17-8-4-3-5-9-17/h3-15H,2,16H2,1H3. The van der Waals surface area contributed by atoms with Crippen molar-refractivity contribution in [1.82, 2.24) is 9.38 Å². The smallest absolute Gasteiger partial charge is 0.173 e. The van der Waals surface area contributed by atoms with Crippen molar-refractivity contribution in [3.05, 3.63) is 79.0 Å². The van der Waals surface area contributed by atoms with Crippen LogP contribution < -0.4 is 0 Å². The predicted molar refractivity (Wildman–Crippen MR) is 112 cm³/mol. The van der Waals surface area contributed by atoms with Crippen molar-refractivity contribution in [1.29, 1.82) is 0 Å². The molecule has 130 valence electrons. The summed E-state index contributed by atoms with van der Waals surface area (Å²) in [5, 5.41) is 2.14. The Balaban J connectivity index is 1.61. The van der Waals surface area contributed by atoms with E-state index in [1.54, 1.807) is 11.8 Å². The van der Waals surface area contributed by atoms with Crippen molar-refractivity contribution in [2.24, 2.45) is 0 Å². The molecule has 0 saturated heterocycles. The Bertz CT molecular complexity index is 992. The van der Waals surface area contributed by atoms with Gasteiger partial charge < -0.3 is 0 Å². The van der Waals surface area contributed by atoms with Crippen LogP contribution in [0.15, 0.2) is 94.1 Å². The maximum atomic E-state index is 4.89. The van der Waals surface area contributed by atoms with Crippen LogP contribution in [0.1, 0.15) is 13.3 Å². The molecule has 0 N–H and O–H groups in total. The van der Waals surface area contributed by atoms with E-state index in [2.05, 4.69) is 84.3 Å². The molecule has 0 amide bonds. The largest absolute Gasteiger partial charge is 0.294 e. The van der Waals surface area contributed by atoms with Gasteiger partial charge in [-0.3, -0.25) is 4.40 Å². The molecule has 0 atom stereocenters. The fourth-order valence-electron chi connectivity index (χ4n) is 2.81. The van der Waals surface area contributed by atoms with E-state index < -0.39 is 0 Å². The molecule has 0 aliphatic rings. The van der Waals surface area contributed by atoms with E-state index in [9.17, 15) is 0 Å². The van der Waals surface area contributed by atoms with Crippen molar-refractivity contribution in [2.75, 3.05) is 5.75 Å². The quantitative estimate of drug-likeness (QED) is 0.351. The van der Waals surface area contributed by atoms with Crippen molar-refractivity contribution in [3.63, 3.8) is 0 Å². The van der Waals surface area contributed by atoms with E-state index in [1.807, 2.05) is 17.8 Å². The Kier molecular flexibility index (Phi) is 5.32. The predicted octanol–water partition coefficient (Wildman–Crippen LogP) is 6.65. The number of benzene rings is 2. The van der Waals surface area contributed by atoms with Gasteiger partial charge in [-0.1, -0.05) is 79.0 Å². The number of hydrogen-bond acceptors (Lipinski definition) is 3. The number of rotatable bonds is 6. The average molecular weight is 377 g/mol. The molecule has 0 aliphatic heterocycles. The summed E-state index contributed by atoms with van der Waals surface area (Å²) in [4.78, 5) is 6.10. The molecule has 26 heavy (non-hydrogen) atoms. The van der Waals surface area contributed by atoms with Crippen molar-refractivity contribution >= 4 is 29.0 Å². The molecule has 2 nitrogen and oxygen atoms in total. The summed E-state index contributed by atoms with van der Waals surface area (Å²) in [7, 11) is 0. The number of fused-ring (bicyclic) bond motifs is 1. The molecule has 0 saturated carbocycles. The van der Waals surface area contributed by atoms with E-state index in [0.717, 1.165) is 22.4 Å². The summed E-state index contributed by atoms with van der Waals surface area (Å²) in [6.07, 6.45) is 3.25. The Morgan fingerprint density at radius 2 is 1.58 bits per heavy atom. The Labute approximate surface area is 162 Å². The van der Waals surface area contributed by atoms with Gasteiger partial charge >= 0.3 is 0 Å². The van der Waals surface area contributed by atoms with Crippen LogP contribution in [0.25, 0.3) is 16.6 Å². The Morgan fingerprint density at radius 3 is 2.35 bits per heavy atom. The SMILES string of the molecule is CCCSc1nc(Sc2ccc(-c3ccccc3)cc2)c2ccccn12. The minimum atomic E-state index is 1.07. The first-order valence-corrected chi connectivity index (χ1v) is 10.6. The molecule has 0 spiro atoms. The zero-order valence-corrected chi connectivity index (χ0v) is 16.3. The highest BCUT2D eigenvalue weighted by atomic mass is 32.2. The molecule has 2 heterocycles. The van der Waals surface area contributed by atoms with Gasteiger partial charge in [0, 0.05) is 16.8 Å². The highest BCUT2D eigenvalue weighted by Gasteiger charge is 2.12. The zero-order valence-electron chi connectivity index (χ0n) is 14.6. The van der Waals surface area contributed by atoms with Gasteiger partial charge in [0.25, 0.3) is 0 Å². The third-order valence-electron chi connectivity index (χ3n) is 4.09. The number of thioether (sulfide) groups is 1. The molecule has 2 aromatic carbocycles. The molecule has 4 aromatic rings. The molecular weight excluding hydrogens is 356 g/mol. The summed E-state index contributed by atoms with van der Waals surface area (Å²) in [5.74, 6) is 1.09. The Hall–Kier alpha value is -2.17. The second-order valence-corrected chi connectivity index (χ2v) is 8.12. The van der Waals surface area contributed by atoms with Gasteiger partial charge in [-0.25, -0.2) is 4.98 Å². The van der Waals surface area contributed by atoms with E-state index in [4.69, 9.17) is 4.98 Å². The van der Waals surface area contributed by atoms with Gasteiger partial charge in [0.15, 0.2) is 5.16 Å². The first kappa shape index (κ1) is 17.3. The van der Waals surface area contributed by atoms with Crippen molar-refractivity contribution < 1.29 is 0 Å². The minimum Gasteiger partial charge on any atom is -0.294 e. The lowest BCUT2D eigenvalue weighted by Gasteiger charge is -2.03. The van der Waals surface area contributed by atoms with Crippen LogP contribution >= 0.6 is 23.5 Å². The third kappa shape index (κ3) is 3.67. The number of aromatic nitrogens is 2. The average Bonchev–Trinajstić information content (AvgIpc) is 3.05. The first-order valence-electron chi connectivity index (χ1n) is 8.78. The molecule has 0 fully saturated rings. The molecule has 0 aliphatic carbocycles. The fourth-order valence-corrected chi connectivity index (χ4v) is 4.61. The highest BCUT2D eigenvalue weighted by molar-refractivity contribution is 8.00. The monoisotopic (exact) mass is 376 g/mol. The van der Waals surface area contributed by atoms with Crippen LogP contribution in [0, 0.1) is 0 Å². The number of nitrogens with zero attached hydrogens (tertiary/aromatic N) is 2. The summed E-state index contributed by atoms with van der Waals surface area (Å²) < 4.78 is 2.20. The van der Waals surface area contributed by atoms with Crippen LogP contribution in [0.2, 0.25) is 0 Å². The van der Waals surface area contributed by atoms with Gasteiger partial charge in [0.1, 0.15) is 5.03 Å². The van der Waals surface area contributed by atoms with Gasteiger partial charge in [-0.05, 0) is 41.8 Å². The molecule has 4 heteroatoms. The second-order valence-electron chi connectivity index (χ2n) is 6.00. The van der Waals surface area contributed by atoms with Gasteiger partial charge in [0.2, 0.25) is 0 Å². The number of pyridine rings is 1. The van der Waals surface area contributed by atoms with Crippen LogP contribution in [0.5, 0.6) is 0 Å². The van der Waals surface area contributed by atoms with Crippen LogP contribution in [0.4, 0.5) is 0 Å². The molecular formula is C22H20N2S2. The molecule has 0 unspecified atom stereocenters. The van der Waals surface area contributed by atoms with Gasteiger partial charge in [-0.15, -0.1) is 0 Å². The molecule has 4 rings (SSSR count). The van der Waals surface area contributed by atoms with Gasteiger partial charge in [-0.2, -0.15) is 0 Å². The lowest BCUT2D eigenvalue weighted by atomic mass is 10.1. The fraction of sp³-hybridized carbons (Fsp3) is 0.136. The zero-order chi connectivity index (χ0) is 17.8. The first-order chi connectivity index (χ1) is 12.8. The van der Waals surface area contributed by atoms with E-state index in [0.29, 0.717) is 0 Å². The van der Waals surface area contributed by atoms with Crippen LogP contribution in [0.3, 0.4) is 0 Å². The van der Waals surface area contributed by atoms with E-state index >= 15 is 0 Å². The molecule has 2 aromatic heterocycles.